The Bertz CT molecular complexity index is 1060. The molecule has 0 radical (unpaired) electrons. The van der Waals surface area contributed by atoms with Gasteiger partial charge in [0.1, 0.15) is 0 Å². The maximum absolute atomic E-state index is 12.1. The molecule has 3 aromatic carbocycles. The summed E-state index contributed by atoms with van der Waals surface area (Å²) in [5.74, 6) is -2.69. The molecule has 0 amide bonds. The minimum absolute atomic E-state index is 0.0769. The summed E-state index contributed by atoms with van der Waals surface area (Å²) in [5, 5.41) is 21.7. The largest absolute Gasteiger partial charge is 0.480 e. The first kappa shape index (κ1) is 16.1. The van der Waals surface area contributed by atoms with E-state index in [1.54, 1.807) is 24.3 Å². The number of fused-ring (bicyclic) bond motifs is 2. The normalized spacial score (nSPS) is 14.8. The average Bonchev–Trinajstić information content (AvgIpc) is 2.66. The van der Waals surface area contributed by atoms with Gasteiger partial charge in [0.25, 0.3) is 0 Å². The van der Waals surface area contributed by atoms with Gasteiger partial charge >= 0.3 is 11.9 Å². The third-order valence-corrected chi connectivity index (χ3v) is 5.05. The van der Waals surface area contributed by atoms with Gasteiger partial charge in [-0.05, 0) is 39.4 Å². The summed E-state index contributed by atoms with van der Waals surface area (Å²) in [7, 11) is 0. The Kier molecular flexibility index (Phi) is 3.62. The lowest BCUT2D eigenvalue weighted by atomic mass is 9.69. The molecule has 0 unspecified atom stereocenters. The molecule has 0 heterocycles. The lowest BCUT2D eigenvalue weighted by Gasteiger charge is -2.31. The van der Waals surface area contributed by atoms with E-state index in [0.29, 0.717) is 16.7 Å². The van der Waals surface area contributed by atoms with Gasteiger partial charge in [-0.1, -0.05) is 72.8 Å². The highest BCUT2D eigenvalue weighted by molar-refractivity contribution is 6.09. The fourth-order valence-electron chi connectivity index (χ4n) is 3.81. The molecule has 4 nitrogen and oxygen atoms in total. The van der Waals surface area contributed by atoms with E-state index in [-0.39, 0.29) is 6.42 Å². The van der Waals surface area contributed by atoms with Gasteiger partial charge in [-0.3, -0.25) is 9.59 Å². The topological polar surface area (TPSA) is 74.6 Å². The second kappa shape index (κ2) is 5.85. The number of hydrogen-bond acceptors (Lipinski definition) is 2. The monoisotopic (exact) mass is 344 g/mol. The molecule has 0 aliphatic heterocycles. The first-order chi connectivity index (χ1) is 12.6. The molecule has 2 N–H and O–H groups in total. The van der Waals surface area contributed by atoms with Gasteiger partial charge in [0.15, 0.2) is 5.41 Å². The van der Waals surface area contributed by atoms with Gasteiger partial charge in [0, 0.05) is 0 Å². The SMILES string of the molecule is O=C(O)C1(C(=O)O)CC=Cc2cccc(-c3cccc4ccccc34)c21. The number of carbonyl (C=O) groups is 2. The lowest BCUT2D eigenvalue weighted by molar-refractivity contribution is -0.157. The fraction of sp³-hybridized carbons (Fsp3) is 0.0909. The molecule has 1 aliphatic carbocycles. The minimum atomic E-state index is -1.99. The molecule has 0 atom stereocenters. The number of aliphatic carboxylic acids is 2. The fourth-order valence-corrected chi connectivity index (χ4v) is 3.81. The molecule has 1 aliphatic rings. The van der Waals surface area contributed by atoms with E-state index in [4.69, 9.17) is 0 Å². The zero-order chi connectivity index (χ0) is 18.3. The summed E-state index contributed by atoms with van der Waals surface area (Å²) in [4.78, 5) is 24.2. The van der Waals surface area contributed by atoms with Crippen molar-refractivity contribution in [3.05, 3.63) is 77.9 Å². The van der Waals surface area contributed by atoms with Crippen LogP contribution in [0.25, 0.3) is 28.0 Å². The van der Waals surface area contributed by atoms with E-state index in [1.165, 1.54) is 0 Å². The van der Waals surface area contributed by atoms with E-state index >= 15 is 0 Å². The number of hydrogen-bond donors (Lipinski definition) is 2. The second-order valence-corrected chi connectivity index (χ2v) is 6.42. The van der Waals surface area contributed by atoms with E-state index in [2.05, 4.69) is 0 Å². The molecular weight excluding hydrogens is 328 g/mol. The summed E-state index contributed by atoms with van der Waals surface area (Å²) >= 11 is 0. The Labute approximate surface area is 150 Å². The maximum Gasteiger partial charge on any atom is 0.326 e. The van der Waals surface area contributed by atoms with Crippen molar-refractivity contribution < 1.29 is 19.8 Å². The molecule has 0 fully saturated rings. The quantitative estimate of drug-likeness (QED) is 0.694. The molecule has 0 spiro atoms. The van der Waals surface area contributed by atoms with Crippen molar-refractivity contribution in [1.29, 1.82) is 0 Å². The zero-order valence-corrected chi connectivity index (χ0v) is 13.8. The van der Waals surface area contributed by atoms with Crippen molar-refractivity contribution in [2.24, 2.45) is 0 Å². The second-order valence-electron chi connectivity index (χ2n) is 6.42. The first-order valence-corrected chi connectivity index (χ1v) is 8.30. The van der Waals surface area contributed by atoms with E-state index < -0.39 is 17.4 Å². The molecule has 4 heteroatoms. The lowest BCUT2D eigenvalue weighted by Crippen LogP contribution is -2.45. The number of carboxylic acid groups (broad SMARTS) is 2. The molecule has 0 bridgehead atoms. The Morgan fingerprint density at radius 2 is 1.46 bits per heavy atom. The molecular formula is C22H16O4. The highest BCUT2D eigenvalue weighted by atomic mass is 16.4. The van der Waals surface area contributed by atoms with Crippen molar-refractivity contribution in [2.75, 3.05) is 0 Å². The van der Waals surface area contributed by atoms with Crippen LogP contribution < -0.4 is 0 Å². The third kappa shape index (κ3) is 2.15. The number of rotatable bonds is 3. The smallest absolute Gasteiger partial charge is 0.326 e. The maximum atomic E-state index is 12.1. The summed E-state index contributed by atoms with van der Waals surface area (Å²) in [6.07, 6.45) is 3.35. The minimum Gasteiger partial charge on any atom is -0.480 e. The van der Waals surface area contributed by atoms with Crippen molar-refractivity contribution in [1.82, 2.24) is 0 Å². The molecule has 0 saturated carbocycles. The van der Waals surface area contributed by atoms with Gasteiger partial charge in [-0.15, -0.1) is 0 Å². The average molecular weight is 344 g/mol. The Hall–Kier alpha value is -3.40. The van der Waals surface area contributed by atoms with Crippen molar-refractivity contribution in [3.63, 3.8) is 0 Å². The van der Waals surface area contributed by atoms with Crippen LogP contribution in [0.5, 0.6) is 0 Å². The zero-order valence-electron chi connectivity index (χ0n) is 13.8. The standard InChI is InChI=1S/C22H16O4/c23-20(24)22(21(25)26)13-5-9-15-8-4-12-18(19(15)22)17-11-3-7-14-6-1-2-10-16(14)17/h1-12H,13H2,(H,23,24)(H,25,26). The molecule has 3 aromatic rings. The van der Waals surface area contributed by atoms with Crippen LogP contribution in [0.3, 0.4) is 0 Å². The van der Waals surface area contributed by atoms with Crippen LogP contribution in [0.15, 0.2) is 66.7 Å². The van der Waals surface area contributed by atoms with Crippen LogP contribution in [0.1, 0.15) is 17.5 Å². The highest BCUT2D eigenvalue weighted by Gasteiger charge is 2.51. The predicted molar refractivity (Wildman–Crippen MR) is 100.0 cm³/mol. The highest BCUT2D eigenvalue weighted by Crippen LogP contribution is 2.44. The van der Waals surface area contributed by atoms with E-state index in [1.807, 2.05) is 48.5 Å². The van der Waals surface area contributed by atoms with Gasteiger partial charge in [-0.25, -0.2) is 0 Å². The molecule has 128 valence electrons. The summed E-state index contributed by atoms with van der Waals surface area (Å²) in [5.41, 5.74) is 0.471. The Morgan fingerprint density at radius 3 is 2.23 bits per heavy atom. The molecule has 4 rings (SSSR count). The van der Waals surface area contributed by atoms with Gasteiger partial charge < -0.3 is 10.2 Å². The van der Waals surface area contributed by atoms with Crippen LogP contribution in [-0.2, 0) is 15.0 Å². The molecule has 0 aromatic heterocycles. The summed E-state index contributed by atoms with van der Waals surface area (Å²) < 4.78 is 0. The third-order valence-electron chi connectivity index (χ3n) is 5.05. The van der Waals surface area contributed by atoms with Crippen LogP contribution in [0, 0.1) is 0 Å². The van der Waals surface area contributed by atoms with E-state index in [9.17, 15) is 19.8 Å². The Balaban J connectivity index is 2.12. The summed E-state index contributed by atoms with van der Waals surface area (Å²) in [6, 6.07) is 19.0. The van der Waals surface area contributed by atoms with Crippen molar-refractivity contribution >= 4 is 28.8 Å². The van der Waals surface area contributed by atoms with E-state index in [0.717, 1.165) is 16.3 Å². The Morgan fingerprint density at radius 1 is 0.808 bits per heavy atom. The number of benzene rings is 3. The van der Waals surface area contributed by atoms with Gasteiger partial charge in [0.05, 0.1) is 0 Å². The molecule has 26 heavy (non-hydrogen) atoms. The predicted octanol–water partition coefficient (Wildman–Crippen LogP) is 4.33. The van der Waals surface area contributed by atoms with Crippen LogP contribution in [0.4, 0.5) is 0 Å². The van der Waals surface area contributed by atoms with Crippen LogP contribution in [-0.4, -0.2) is 22.2 Å². The van der Waals surface area contributed by atoms with Gasteiger partial charge in [0.2, 0.25) is 0 Å². The van der Waals surface area contributed by atoms with Gasteiger partial charge in [-0.2, -0.15) is 0 Å². The molecule has 0 saturated heterocycles. The van der Waals surface area contributed by atoms with Crippen molar-refractivity contribution in [3.8, 4) is 11.1 Å². The number of carboxylic acids is 2. The van der Waals surface area contributed by atoms with Crippen LogP contribution >= 0.6 is 0 Å². The van der Waals surface area contributed by atoms with Crippen LogP contribution in [0.2, 0.25) is 0 Å². The van der Waals surface area contributed by atoms with Crippen molar-refractivity contribution in [2.45, 2.75) is 11.8 Å². The number of allylic oxidation sites excluding steroid dienone is 1. The first-order valence-electron chi connectivity index (χ1n) is 8.30. The summed E-state index contributed by atoms with van der Waals surface area (Å²) in [6.45, 7) is 0.